The number of hydrogen-bond donors (Lipinski definition) is 4. The molecule has 0 amide bonds. The number of ketones is 2. The van der Waals surface area contributed by atoms with Gasteiger partial charge in [0, 0.05) is 22.3 Å². The van der Waals surface area contributed by atoms with Gasteiger partial charge in [-0.15, -0.1) is 0 Å². The molecule has 4 rings (SSSR count). The third-order valence-electron chi connectivity index (χ3n) is 6.46. The highest BCUT2D eigenvalue weighted by atomic mass is 35.5. The highest BCUT2D eigenvalue weighted by Crippen LogP contribution is 2.32. The molecule has 4 N–H and O–H groups in total. The quantitative estimate of drug-likeness (QED) is 0.132. The Morgan fingerprint density at radius 2 is 0.673 bits per heavy atom. The Kier molecular flexibility index (Phi) is 10.1. The predicted molar refractivity (Wildman–Crippen MR) is 167 cm³/mol. The van der Waals surface area contributed by atoms with Crippen molar-refractivity contribution in [1.82, 2.24) is 0 Å². The summed E-state index contributed by atoms with van der Waals surface area (Å²) in [5, 5.41) is -0.843. The Bertz CT molecular complexity index is 2390. The fraction of sp³-hybridized carbons (Fsp3) is 0. The Hall–Kier alpha value is -3.61. The first kappa shape index (κ1) is 38.2. The van der Waals surface area contributed by atoms with E-state index < -0.39 is 124 Å². The molecule has 23 heteroatoms. The third kappa shape index (κ3) is 8.24. The molecule has 0 bridgehead atoms. The zero-order chi connectivity index (χ0) is 37.1. The molecular formula is C26H16Cl2O16S5. The maximum absolute atomic E-state index is 13.7. The second-order valence-electron chi connectivity index (χ2n) is 9.73. The predicted octanol–water partition coefficient (Wildman–Crippen LogP) is 3.28. The van der Waals surface area contributed by atoms with Gasteiger partial charge < -0.3 is 0 Å². The van der Waals surface area contributed by atoms with E-state index in [1.807, 2.05) is 0 Å². The summed E-state index contributed by atoms with van der Waals surface area (Å²) >= 11 is 12.2. The third-order valence-corrected chi connectivity index (χ3v) is 12.2. The van der Waals surface area contributed by atoms with Crippen LogP contribution in [0.25, 0.3) is 0 Å². The van der Waals surface area contributed by atoms with Crippen molar-refractivity contribution < 1.29 is 69.9 Å². The topological polar surface area (TPSA) is 286 Å². The van der Waals surface area contributed by atoms with Gasteiger partial charge in [0.2, 0.25) is 9.84 Å². The van der Waals surface area contributed by atoms with Crippen LogP contribution in [0.3, 0.4) is 0 Å². The molecule has 0 saturated heterocycles. The van der Waals surface area contributed by atoms with Gasteiger partial charge in [0.25, 0.3) is 40.5 Å². The van der Waals surface area contributed by atoms with E-state index in [2.05, 4.69) is 0 Å². The van der Waals surface area contributed by atoms with Gasteiger partial charge in [-0.05, 0) is 72.8 Å². The van der Waals surface area contributed by atoms with E-state index >= 15 is 0 Å². The van der Waals surface area contributed by atoms with Crippen LogP contribution in [0.2, 0.25) is 10.0 Å². The van der Waals surface area contributed by atoms with Gasteiger partial charge in [0.05, 0.1) is 39.4 Å². The molecule has 0 atom stereocenters. The largest absolute Gasteiger partial charge is 0.294 e. The van der Waals surface area contributed by atoms with Gasteiger partial charge >= 0.3 is 0 Å². The zero-order valence-corrected chi connectivity index (χ0v) is 29.0. The molecule has 0 spiro atoms. The Labute approximate surface area is 287 Å². The average Bonchev–Trinajstić information content (AvgIpc) is 2.98. The monoisotopic (exact) mass is 814 g/mol. The number of hydrogen-bond acceptors (Lipinski definition) is 12. The molecule has 4 aromatic rings. The standard InChI is InChI=1S/C26H16Cl2O16S5/c27-23-3-1-15(11-21(23)25(29)13-5-17(46(33,34)35)9-18(6-13)47(36,37)38)45(31,32)16-2-4-24(28)22(12-16)26(30)14-7-19(48(39,40)41)10-20(8-14)49(42,43)44/h1-12H,(H,33,34,35)(H,36,37,38)(H,39,40,41)(H,42,43,44). The number of carbonyl (C=O) groups excluding carboxylic acids is 2. The van der Waals surface area contributed by atoms with Gasteiger partial charge in [-0.2, -0.15) is 33.7 Å². The number of halogens is 2. The van der Waals surface area contributed by atoms with E-state index in [4.69, 9.17) is 23.2 Å². The summed E-state index contributed by atoms with van der Waals surface area (Å²) in [4.78, 5) is 20.9. The molecule has 0 aromatic heterocycles. The van der Waals surface area contributed by atoms with Crippen molar-refractivity contribution in [2.45, 2.75) is 29.4 Å². The molecule has 0 unspecified atom stereocenters. The molecule has 0 saturated carbocycles. The van der Waals surface area contributed by atoms with Gasteiger partial charge in [-0.1, -0.05) is 23.2 Å². The summed E-state index contributed by atoms with van der Waals surface area (Å²) in [6.45, 7) is 0. The highest BCUT2D eigenvalue weighted by molar-refractivity contribution is 7.91. The fourth-order valence-electron chi connectivity index (χ4n) is 4.14. The minimum Gasteiger partial charge on any atom is -0.289 e. The highest BCUT2D eigenvalue weighted by Gasteiger charge is 2.28. The number of benzene rings is 4. The first-order valence-electron chi connectivity index (χ1n) is 12.3. The Morgan fingerprint density at radius 1 is 0.408 bits per heavy atom. The molecule has 49 heavy (non-hydrogen) atoms. The lowest BCUT2D eigenvalue weighted by molar-refractivity contribution is 0.103. The van der Waals surface area contributed by atoms with E-state index in [-0.39, 0.29) is 0 Å². The number of rotatable bonds is 10. The fourth-order valence-corrected chi connectivity index (χ4v) is 8.22. The summed E-state index contributed by atoms with van der Waals surface area (Å²) in [6.07, 6.45) is 0. The first-order chi connectivity index (χ1) is 22.2. The molecule has 260 valence electrons. The lowest BCUT2D eigenvalue weighted by atomic mass is 10.0. The van der Waals surface area contributed by atoms with Crippen LogP contribution >= 0.6 is 23.2 Å². The molecule has 0 aliphatic heterocycles. The van der Waals surface area contributed by atoms with E-state index in [1.165, 1.54) is 0 Å². The zero-order valence-electron chi connectivity index (χ0n) is 23.4. The smallest absolute Gasteiger partial charge is 0.289 e. The van der Waals surface area contributed by atoms with Crippen molar-refractivity contribution in [3.05, 3.63) is 105 Å². The van der Waals surface area contributed by atoms with E-state index in [0.717, 1.165) is 24.3 Å². The van der Waals surface area contributed by atoms with Crippen LogP contribution in [0.5, 0.6) is 0 Å². The molecule has 0 radical (unpaired) electrons. The lowest BCUT2D eigenvalue weighted by Crippen LogP contribution is -2.11. The lowest BCUT2D eigenvalue weighted by Gasteiger charge is -2.12. The SMILES string of the molecule is O=C(c1cc(S(=O)(=O)O)cc(S(=O)(=O)O)c1)c1cc(S(=O)(=O)c2ccc(Cl)c(C(=O)c3cc(S(=O)(=O)O)cc(S(=O)(=O)O)c3)c2)ccc1Cl. The van der Waals surface area contributed by atoms with Crippen LogP contribution in [0, 0.1) is 0 Å². The summed E-state index contributed by atoms with van der Waals surface area (Å²) in [7, 11) is -25.3. The second-order valence-corrected chi connectivity index (χ2v) is 18.2. The average molecular weight is 816 g/mol. The van der Waals surface area contributed by atoms with Crippen molar-refractivity contribution in [2.24, 2.45) is 0 Å². The maximum atomic E-state index is 13.7. The van der Waals surface area contributed by atoms with Gasteiger partial charge in [-0.3, -0.25) is 27.8 Å². The Balaban J connectivity index is 1.85. The van der Waals surface area contributed by atoms with E-state index in [9.17, 15) is 69.9 Å². The van der Waals surface area contributed by atoms with Crippen molar-refractivity contribution in [2.75, 3.05) is 0 Å². The summed E-state index contributed by atoms with van der Waals surface area (Å²) in [5.74, 6) is -2.53. The Morgan fingerprint density at radius 3 is 0.918 bits per heavy atom. The minimum absolute atomic E-state index is 0.353. The second kappa shape index (κ2) is 12.9. The van der Waals surface area contributed by atoms with Crippen molar-refractivity contribution >= 4 is 85.1 Å². The van der Waals surface area contributed by atoms with Crippen LogP contribution in [0.15, 0.2) is 102 Å². The molecule has 16 nitrogen and oxygen atoms in total. The van der Waals surface area contributed by atoms with Gasteiger partial charge in [-0.25, -0.2) is 8.42 Å². The van der Waals surface area contributed by atoms with Crippen LogP contribution < -0.4 is 0 Å². The van der Waals surface area contributed by atoms with Crippen molar-refractivity contribution in [3.63, 3.8) is 0 Å². The minimum atomic E-state index is -5.14. The molecule has 0 heterocycles. The van der Waals surface area contributed by atoms with Crippen LogP contribution in [-0.2, 0) is 50.3 Å². The van der Waals surface area contributed by atoms with E-state index in [1.54, 1.807) is 0 Å². The van der Waals surface area contributed by atoms with Crippen LogP contribution in [0.4, 0.5) is 0 Å². The number of carbonyl (C=O) groups is 2. The number of sulfone groups is 1. The van der Waals surface area contributed by atoms with Gasteiger partial charge in [0.15, 0.2) is 11.6 Å². The molecule has 0 fully saturated rings. The first-order valence-corrected chi connectivity index (χ1v) is 20.3. The van der Waals surface area contributed by atoms with Crippen molar-refractivity contribution in [3.8, 4) is 0 Å². The summed E-state index contributed by atoms with van der Waals surface area (Å²) in [6, 6.07) is 7.93. The van der Waals surface area contributed by atoms with E-state index in [0.29, 0.717) is 48.5 Å². The summed E-state index contributed by atoms with van der Waals surface area (Å²) < 4.78 is 159. The van der Waals surface area contributed by atoms with Crippen LogP contribution in [0.1, 0.15) is 31.8 Å². The molecule has 0 aliphatic carbocycles. The maximum Gasteiger partial charge on any atom is 0.294 e. The molecular weight excluding hydrogens is 800 g/mol. The molecule has 0 aliphatic rings. The van der Waals surface area contributed by atoms with Crippen molar-refractivity contribution in [1.29, 1.82) is 0 Å². The normalized spacial score (nSPS) is 12.9. The van der Waals surface area contributed by atoms with Gasteiger partial charge in [0.1, 0.15) is 0 Å². The molecule has 4 aromatic carbocycles. The summed E-state index contributed by atoms with van der Waals surface area (Å²) in [5.41, 5.74) is -2.81. The van der Waals surface area contributed by atoms with Crippen LogP contribution in [-0.4, -0.2) is 71.9 Å².